The zero-order valence-electron chi connectivity index (χ0n) is 7.90. The molecule has 0 bridgehead atoms. The molecule has 0 saturated heterocycles. The van der Waals surface area contributed by atoms with Crippen LogP contribution in [0.5, 0.6) is 5.75 Å². The standard InChI is InChI=1S/C9H8O6S/c10-9(11)5-4-7-2-1-3-8(6-7)15-16(12,13)14/h1-6H,(H,10,11)(H,12,13,14)/b5-4+. The van der Waals surface area contributed by atoms with Crippen molar-refractivity contribution >= 4 is 22.4 Å². The number of carboxylic acid groups (broad SMARTS) is 1. The molecule has 0 aromatic heterocycles. The summed E-state index contributed by atoms with van der Waals surface area (Å²) >= 11 is 0. The molecule has 0 unspecified atom stereocenters. The quantitative estimate of drug-likeness (QED) is 0.604. The van der Waals surface area contributed by atoms with Gasteiger partial charge in [0.15, 0.2) is 0 Å². The predicted molar refractivity (Wildman–Crippen MR) is 55.3 cm³/mol. The van der Waals surface area contributed by atoms with Gasteiger partial charge in [0.05, 0.1) is 0 Å². The molecule has 7 heteroatoms. The van der Waals surface area contributed by atoms with Gasteiger partial charge in [-0.1, -0.05) is 12.1 Å². The van der Waals surface area contributed by atoms with Crippen molar-refractivity contribution in [2.24, 2.45) is 0 Å². The van der Waals surface area contributed by atoms with Gasteiger partial charge < -0.3 is 9.29 Å². The third-order valence-corrected chi connectivity index (χ3v) is 1.88. The first-order chi connectivity index (χ1) is 7.37. The van der Waals surface area contributed by atoms with Gasteiger partial charge in [-0.25, -0.2) is 4.79 Å². The van der Waals surface area contributed by atoms with Gasteiger partial charge in [-0.2, -0.15) is 8.42 Å². The highest BCUT2D eigenvalue weighted by atomic mass is 32.3. The predicted octanol–water partition coefficient (Wildman–Crippen LogP) is 0.966. The van der Waals surface area contributed by atoms with Crippen molar-refractivity contribution in [1.29, 1.82) is 0 Å². The van der Waals surface area contributed by atoms with E-state index in [4.69, 9.17) is 9.66 Å². The van der Waals surface area contributed by atoms with Gasteiger partial charge in [0.2, 0.25) is 0 Å². The van der Waals surface area contributed by atoms with Crippen molar-refractivity contribution in [3.05, 3.63) is 35.9 Å². The highest BCUT2D eigenvalue weighted by molar-refractivity contribution is 7.81. The van der Waals surface area contributed by atoms with E-state index in [-0.39, 0.29) is 5.75 Å². The third kappa shape index (κ3) is 4.58. The van der Waals surface area contributed by atoms with Crippen LogP contribution in [0.2, 0.25) is 0 Å². The Hall–Kier alpha value is -1.86. The highest BCUT2D eigenvalue weighted by Gasteiger charge is 2.06. The minimum atomic E-state index is -4.57. The fraction of sp³-hybridized carbons (Fsp3) is 0. The Balaban J connectivity index is 2.91. The Morgan fingerprint density at radius 2 is 2.06 bits per heavy atom. The highest BCUT2D eigenvalue weighted by Crippen LogP contribution is 2.15. The van der Waals surface area contributed by atoms with Crippen molar-refractivity contribution in [3.63, 3.8) is 0 Å². The van der Waals surface area contributed by atoms with Crippen LogP contribution >= 0.6 is 0 Å². The second-order valence-electron chi connectivity index (χ2n) is 2.76. The van der Waals surface area contributed by atoms with Crippen LogP contribution in [0.15, 0.2) is 30.3 Å². The summed E-state index contributed by atoms with van der Waals surface area (Å²) < 4.78 is 33.4. The van der Waals surface area contributed by atoms with Crippen LogP contribution in [0.1, 0.15) is 5.56 Å². The monoisotopic (exact) mass is 244 g/mol. The molecule has 0 aliphatic carbocycles. The molecule has 0 aliphatic heterocycles. The molecule has 1 aromatic rings. The maximum Gasteiger partial charge on any atom is 0.446 e. The zero-order valence-corrected chi connectivity index (χ0v) is 8.72. The summed E-state index contributed by atoms with van der Waals surface area (Å²) in [5.41, 5.74) is 0.434. The van der Waals surface area contributed by atoms with Gasteiger partial charge in [0.25, 0.3) is 0 Å². The Morgan fingerprint density at radius 1 is 1.38 bits per heavy atom. The van der Waals surface area contributed by atoms with E-state index in [0.717, 1.165) is 6.08 Å². The molecule has 0 heterocycles. The molecule has 86 valence electrons. The number of carboxylic acids is 1. The van der Waals surface area contributed by atoms with Gasteiger partial charge in [-0.3, -0.25) is 4.55 Å². The maximum atomic E-state index is 10.4. The van der Waals surface area contributed by atoms with Crippen LogP contribution < -0.4 is 4.18 Å². The molecule has 0 atom stereocenters. The lowest BCUT2D eigenvalue weighted by Gasteiger charge is -2.01. The third-order valence-electron chi connectivity index (χ3n) is 1.48. The summed E-state index contributed by atoms with van der Waals surface area (Å²) in [6, 6.07) is 5.59. The van der Waals surface area contributed by atoms with Crippen LogP contribution in [0, 0.1) is 0 Å². The van der Waals surface area contributed by atoms with Crippen LogP contribution in [0.25, 0.3) is 6.08 Å². The second-order valence-corrected chi connectivity index (χ2v) is 3.78. The van der Waals surface area contributed by atoms with E-state index in [2.05, 4.69) is 4.18 Å². The first-order valence-electron chi connectivity index (χ1n) is 4.05. The Labute approximate surface area is 91.7 Å². The van der Waals surface area contributed by atoms with Crippen LogP contribution in [-0.4, -0.2) is 24.0 Å². The number of carbonyl (C=O) groups is 1. The molecule has 0 fully saturated rings. The molecule has 0 spiro atoms. The number of rotatable bonds is 4. The molecule has 1 rings (SSSR count). The molecule has 0 amide bonds. The normalized spacial score (nSPS) is 11.6. The minimum Gasteiger partial charge on any atom is -0.478 e. The Kier molecular flexibility index (Phi) is 3.64. The molecule has 16 heavy (non-hydrogen) atoms. The minimum absolute atomic E-state index is 0.102. The number of hydrogen-bond donors (Lipinski definition) is 2. The maximum absolute atomic E-state index is 10.4. The smallest absolute Gasteiger partial charge is 0.446 e. The summed E-state index contributed by atoms with van der Waals surface area (Å²) in [7, 11) is -4.57. The summed E-state index contributed by atoms with van der Waals surface area (Å²) in [4.78, 5) is 10.2. The lowest BCUT2D eigenvalue weighted by Crippen LogP contribution is -2.06. The van der Waals surface area contributed by atoms with Gasteiger partial charge in [0, 0.05) is 6.08 Å². The molecule has 0 aliphatic rings. The van der Waals surface area contributed by atoms with Crippen molar-refractivity contribution < 1.29 is 27.1 Å². The van der Waals surface area contributed by atoms with E-state index in [1.54, 1.807) is 6.07 Å². The first-order valence-corrected chi connectivity index (χ1v) is 5.41. The van der Waals surface area contributed by atoms with Gasteiger partial charge >= 0.3 is 16.4 Å². The summed E-state index contributed by atoms with van der Waals surface area (Å²) in [6.07, 6.45) is 2.16. The second kappa shape index (κ2) is 4.77. The van der Waals surface area contributed by atoms with E-state index in [9.17, 15) is 13.2 Å². The lowest BCUT2D eigenvalue weighted by molar-refractivity contribution is -0.131. The van der Waals surface area contributed by atoms with Crippen LogP contribution in [0.3, 0.4) is 0 Å². The first kappa shape index (κ1) is 12.2. The van der Waals surface area contributed by atoms with Gasteiger partial charge in [-0.05, 0) is 23.8 Å². The number of benzene rings is 1. The van der Waals surface area contributed by atoms with Crippen molar-refractivity contribution in [3.8, 4) is 5.75 Å². The van der Waals surface area contributed by atoms with E-state index in [1.165, 1.54) is 24.3 Å². The van der Waals surface area contributed by atoms with Crippen molar-refractivity contribution in [2.45, 2.75) is 0 Å². The molecule has 6 nitrogen and oxygen atoms in total. The SMILES string of the molecule is O=C(O)/C=C/c1cccc(OS(=O)(=O)O)c1. The fourth-order valence-corrected chi connectivity index (χ4v) is 1.31. The molecule has 1 aromatic carbocycles. The molecule has 0 radical (unpaired) electrons. The zero-order chi connectivity index (χ0) is 12.2. The van der Waals surface area contributed by atoms with E-state index < -0.39 is 16.4 Å². The van der Waals surface area contributed by atoms with Crippen molar-refractivity contribution in [2.75, 3.05) is 0 Å². The number of hydrogen-bond acceptors (Lipinski definition) is 4. The molecular weight excluding hydrogens is 236 g/mol. The Bertz CT molecular complexity index is 517. The largest absolute Gasteiger partial charge is 0.478 e. The Morgan fingerprint density at radius 3 is 2.62 bits per heavy atom. The van der Waals surface area contributed by atoms with Crippen molar-refractivity contribution in [1.82, 2.24) is 0 Å². The fourth-order valence-electron chi connectivity index (χ4n) is 0.959. The van der Waals surface area contributed by atoms with E-state index >= 15 is 0 Å². The van der Waals surface area contributed by atoms with E-state index in [1.807, 2.05) is 0 Å². The summed E-state index contributed by atoms with van der Waals surface area (Å²) in [6.45, 7) is 0. The molecule has 2 N–H and O–H groups in total. The van der Waals surface area contributed by atoms with E-state index in [0.29, 0.717) is 5.56 Å². The molecule has 0 saturated carbocycles. The number of aliphatic carboxylic acids is 1. The average Bonchev–Trinajstić information content (AvgIpc) is 2.12. The average molecular weight is 244 g/mol. The van der Waals surface area contributed by atoms with Crippen LogP contribution in [0.4, 0.5) is 0 Å². The van der Waals surface area contributed by atoms with Gasteiger partial charge in [0.1, 0.15) is 5.75 Å². The topological polar surface area (TPSA) is 101 Å². The molecular formula is C9H8O6S. The van der Waals surface area contributed by atoms with Crippen LogP contribution in [-0.2, 0) is 15.2 Å². The summed E-state index contributed by atoms with van der Waals surface area (Å²) in [5.74, 6) is -1.23. The summed E-state index contributed by atoms with van der Waals surface area (Å²) in [5, 5.41) is 8.38. The van der Waals surface area contributed by atoms with Gasteiger partial charge in [-0.15, -0.1) is 0 Å². The lowest BCUT2D eigenvalue weighted by atomic mass is 10.2.